The van der Waals surface area contributed by atoms with Crippen LogP contribution < -0.4 is 10.6 Å². The zero-order chi connectivity index (χ0) is 22.7. The SMILES string of the molecule is Cc1cccc(NC(=O)c2ccccc2NC(=O)CCN2C(=O)c3ccccc3C2=O)c1. The van der Waals surface area contributed by atoms with E-state index in [0.29, 0.717) is 28.1 Å². The fourth-order valence-corrected chi connectivity index (χ4v) is 3.58. The molecule has 0 aromatic heterocycles. The molecule has 160 valence electrons. The first-order valence-corrected chi connectivity index (χ1v) is 10.2. The van der Waals surface area contributed by atoms with Crippen molar-refractivity contribution < 1.29 is 19.2 Å². The van der Waals surface area contributed by atoms with Crippen molar-refractivity contribution in [3.05, 3.63) is 95.1 Å². The average Bonchev–Trinajstić information content (AvgIpc) is 3.02. The van der Waals surface area contributed by atoms with E-state index < -0.39 is 17.7 Å². The highest BCUT2D eigenvalue weighted by atomic mass is 16.2. The number of anilines is 2. The van der Waals surface area contributed by atoms with Gasteiger partial charge in [0.25, 0.3) is 17.7 Å². The zero-order valence-electron chi connectivity index (χ0n) is 17.4. The number of carbonyl (C=O) groups excluding carboxylic acids is 4. The number of aryl methyl sites for hydroxylation is 1. The summed E-state index contributed by atoms with van der Waals surface area (Å²) in [5.41, 5.74) is 3.01. The number of rotatable bonds is 6. The quantitative estimate of drug-likeness (QED) is 0.584. The molecule has 0 bridgehead atoms. The first-order valence-electron chi connectivity index (χ1n) is 10.2. The standard InChI is InChI=1S/C25H21N3O4/c1-16-7-6-8-17(15-16)26-23(30)20-11-4-5-12-21(20)27-22(29)13-14-28-24(31)18-9-2-3-10-19(18)25(28)32/h2-12,15H,13-14H2,1H3,(H,26,30)(H,27,29). The van der Waals surface area contributed by atoms with Gasteiger partial charge in [-0.05, 0) is 48.9 Å². The Hall–Kier alpha value is -4.26. The third-order valence-corrected chi connectivity index (χ3v) is 5.16. The van der Waals surface area contributed by atoms with Crippen LogP contribution in [0.5, 0.6) is 0 Å². The number of fused-ring (bicyclic) bond motifs is 1. The van der Waals surface area contributed by atoms with Gasteiger partial charge in [-0.25, -0.2) is 0 Å². The second-order valence-electron chi connectivity index (χ2n) is 7.47. The van der Waals surface area contributed by atoms with Crippen LogP contribution >= 0.6 is 0 Å². The number of benzene rings is 3. The van der Waals surface area contributed by atoms with Gasteiger partial charge < -0.3 is 10.6 Å². The van der Waals surface area contributed by atoms with Gasteiger partial charge in [0.1, 0.15) is 0 Å². The van der Waals surface area contributed by atoms with Crippen LogP contribution in [-0.2, 0) is 4.79 Å². The van der Waals surface area contributed by atoms with Crippen molar-refractivity contribution in [3.63, 3.8) is 0 Å². The van der Waals surface area contributed by atoms with E-state index in [4.69, 9.17) is 0 Å². The Morgan fingerprint density at radius 2 is 1.47 bits per heavy atom. The normalized spacial score (nSPS) is 12.5. The van der Waals surface area contributed by atoms with Crippen LogP contribution in [0.1, 0.15) is 43.1 Å². The van der Waals surface area contributed by atoms with Gasteiger partial charge in [-0.2, -0.15) is 0 Å². The lowest BCUT2D eigenvalue weighted by molar-refractivity contribution is -0.116. The number of nitrogens with zero attached hydrogens (tertiary/aromatic N) is 1. The maximum Gasteiger partial charge on any atom is 0.261 e. The van der Waals surface area contributed by atoms with Crippen LogP contribution in [-0.4, -0.2) is 35.1 Å². The second kappa shape index (κ2) is 8.85. The minimum Gasteiger partial charge on any atom is -0.325 e. The molecule has 0 saturated heterocycles. The van der Waals surface area contributed by atoms with Gasteiger partial charge in [0.05, 0.1) is 22.4 Å². The topological polar surface area (TPSA) is 95.6 Å². The summed E-state index contributed by atoms with van der Waals surface area (Å²) in [5.74, 6) is -1.57. The molecule has 1 aliphatic heterocycles. The van der Waals surface area contributed by atoms with Gasteiger partial charge in [0, 0.05) is 18.7 Å². The highest BCUT2D eigenvalue weighted by Crippen LogP contribution is 2.23. The lowest BCUT2D eigenvalue weighted by Crippen LogP contribution is -2.33. The van der Waals surface area contributed by atoms with Crippen LogP contribution in [0, 0.1) is 6.92 Å². The van der Waals surface area contributed by atoms with Crippen LogP contribution in [0.2, 0.25) is 0 Å². The molecule has 0 spiro atoms. The molecule has 0 saturated carbocycles. The molecule has 7 nitrogen and oxygen atoms in total. The van der Waals surface area contributed by atoms with Gasteiger partial charge in [-0.15, -0.1) is 0 Å². The Balaban J connectivity index is 1.41. The molecule has 32 heavy (non-hydrogen) atoms. The molecule has 0 atom stereocenters. The van der Waals surface area contributed by atoms with E-state index in [2.05, 4.69) is 10.6 Å². The van der Waals surface area contributed by atoms with Crippen molar-refractivity contribution in [2.45, 2.75) is 13.3 Å². The molecule has 7 heteroatoms. The lowest BCUT2D eigenvalue weighted by Gasteiger charge is -2.15. The van der Waals surface area contributed by atoms with Crippen molar-refractivity contribution in [2.24, 2.45) is 0 Å². The summed E-state index contributed by atoms with van der Waals surface area (Å²) in [6.07, 6.45) is -0.0840. The van der Waals surface area contributed by atoms with Gasteiger partial charge in [0.15, 0.2) is 0 Å². The number of imide groups is 1. The summed E-state index contributed by atoms with van der Waals surface area (Å²) in [4.78, 5) is 51.2. The summed E-state index contributed by atoms with van der Waals surface area (Å²) in [6, 6.07) is 20.7. The molecule has 4 rings (SSSR count). The summed E-state index contributed by atoms with van der Waals surface area (Å²) < 4.78 is 0. The summed E-state index contributed by atoms with van der Waals surface area (Å²) in [6.45, 7) is 1.88. The Morgan fingerprint density at radius 3 is 2.16 bits per heavy atom. The van der Waals surface area contributed by atoms with E-state index in [9.17, 15) is 19.2 Å². The maximum atomic E-state index is 12.7. The highest BCUT2D eigenvalue weighted by Gasteiger charge is 2.35. The number of carbonyl (C=O) groups is 4. The summed E-state index contributed by atoms with van der Waals surface area (Å²) in [7, 11) is 0. The molecule has 3 aromatic carbocycles. The molecule has 2 N–H and O–H groups in total. The minimum absolute atomic E-state index is 0.0458. The maximum absolute atomic E-state index is 12.7. The molecule has 0 unspecified atom stereocenters. The Bertz CT molecular complexity index is 1200. The number of amides is 4. The molecular formula is C25H21N3O4. The fourth-order valence-electron chi connectivity index (χ4n) is 3.58. The number of para-hydroxylation sites is 1. The Morgan fingerprint density at radius 1 is 0.812 bits per heavy atom. The van der Waals surface area contributed by atoms with Gasteiger partial charge in [-0.3, -0.25) is 24.1 Å². The molecule has 1 aliphatic rings. The first kappa shape index (κ1) is 21.0. The Kier molecular flexibility index (Phi) is 5.81. The fraction of sp³-hybridized carbons (Fsp3) is 0.120. The monoisotopic (exact) mass is 427 g/mol. The molecule has 3 aromatic rings. The first-order chi connectivity index (χ1) is 15.4. The molecule has 0 aliphatic carbocycles. The van der Waals surface area contributed by atoms with Gasteiger partial charge in [-0.1, -0.05) is 36.4 Å². The highest BCUT2D eigenvalue weighted by molar-refractivity contribution is 6.21. The third-order valence-electron chi connectivity index (χ3n) is 5.16. The average molecular weight is 427 g/mol. The van der Waals surface area contributed by atoms with Crippen molar-refractivity contribution in [1.82, 2.24) is 4.90 Å². The van der Waals surface area contributed by atoms with Crippen molar-refractivity contribution in [1.29, 1.82) is 0 Å². The third kappa shape index (κ3) is 4.27. The zero-order valence-corrected chi connectivity index (χ0v) is 17.4. The number of nitrogens with one attached hydrogen (secondary N) is 2. The van der Waals surface area contributed by atoms with E-state index in [1.807, 2.05) is 25.1 Å². The van der Waals surface area contributed by atoms with Crippen LogP contribution in [0.4, 0.5) is 11.4 Å². The predicted octanol–water partition coefficient (Wildman–Crippen LogP) is 3.87. The van der Waals surface area contributed by atoms with Crippen molar-refractivity contribution >= 4 is 35.0 Å². The van der Waals surface area contributed by atoms with Gasteiger partial charge >= 0.3 is 0 Å². The molecule has 4 amide bonds. The largest absolute Gasteiger partial charge is 0.325 e. The molecule has 0 fully saturated rings. The van der Waals surface area contributed by atoms with E-state index in [-0.39, 0.29) is 18.9 Å². The van der Waals surface area contributed by atoms with Crippen LogP contribution in [0.25, 0.3) is 0 Å². The van der Waals surface area contributed by atoms with Crippen LogP contribution in [0.3, 0.4) is 0 Å². The Labute approximate surface area is 185 Å². The number of hydrogen-bond acceptors (Lipinski definition) is 4. The lowest BCUT2D eigenvalue weighted by atomic mass is 10.1. The summed E-state index contributed by atoms with van der Waals surface area (Å²) in [5, 5.41) is 5.54. The number of hydrogen-bond donors (Lipinski definition) is 2. The van der Waals surface area contributed by atoms with E-state index in [0.717, 1.165) is 10.5 Å². The van der Waals surface area contributed by atoms with E-state index in [1.54, 1.807) is 54.6 Å². The minimum atomic E-state index is -0.406. The summed E-state index contributed by atoms with van der Waals surface area (Å²) >= 11 is 0. The predicted molar refractivity (Wildman–Crippen MR) is 121 cm³/mol. The van der Waals surface area contributed by atoms with Crippen molar-refractivity contribution in [2.75, 3.05) is 17.2 Å². The molecular weight excluding hydrogens is 406 g/mol. The van der Waals surface area contributed by atoms with Gasteiger partial charge in [0.2, 0.25) is 5.91 Å². The molecule has 0 radical (unpaired) electrons. The van der Waals surface area contributed by atoms with Crippen molar-refractivity contribution in [3.8, 4) is 0 Å². The smallest absolute Gasteiger partial charge is 0.261 e. The van der Waals surface area contributed by atoms with Crippen LogP contribution in [0.15, 0.2) is 72.8 Å². The van der Waals surface area contributed by atoms with E-state index >= 15 is 0 Å². The second-order valence-corrected chi connectivity index (χ2v) is 7.47. The van der Waals surface area contributed by atoms with E-state index in [1.165, 1.54) is 0 Å². The molecule has 1 heterocycles.